The third kappa shape index (κ3) is 8.41. The van der Waals surface area contributed by atoms with E-state index in [0.29, 0.717) is 11.2 Å². The van der Waals surface area contributed by atoms with Crippen LogP contribution in [0.2, 0.25) is 0 Å². The van der Waals surface area contributed by atoms with Gasteiger partial charge < -0.3 is 5.11 Å². The van der Waals surface area contributed by atoms with Crippen LogP contribution >= 0.6 is 24.8 Å². The number of phenols is 1. The van der Waals surface area contributed by atoms with Crippen molar-refractivity contribution in [3.05, 3.63) is 46.1 Å². The normalized spacial score (nSPS) is 11.8. The Hall–Kier alpha value is -0.119. The van der Waals surface area contributed by atoms with Crippen molar-refractivity contribution in [1.29, 1.82) is 0 Å². The van der Waals surface area contributed by atoms with Gasteiger partial charge in [0.1, 0.15) is 5.75 Å². The average Bonchev–Trinajstić information content (AvgIpc) is 3.06. The van der Waals surface area contributed by atoms with Crippen molar-refractivity contribution in [2.45, 2.75) is 54.9 Å². The number of hydrogen-bond donors (Lipinski definition) is 1. The summed E-state index contributed by atoms with van der Waals surface area (Å²) in [6, 6.07) is 0. The molecule has 0 aromatic heterocycles. The zero-order valence-corrected chi connectivity index (χ0v) is 20.5. The average molecular weight is 433 g/mol. The minimum absolute atomic E-state index is 0. The first-order chi connectivity index (χ1) is 10.6. The first-order valence-corrected chi connectivity index (χ1v) is 9.32. The summed E-state index contributed by atoms with van der Waals surface area (Å²) in [7, 11) is 3.51. The monoisotopic (exact) mass is 432 g/mol. The second kappa shape index (κ2) is 13.1. The van der Waals surface area contributed by atoms with Crippen LogP contribution in [-0.2, 0) is 20.0 Å². The molecule has 0 spiro atoms. The Kier molecular flexibility index (Phi) is 15.5. The molecule has 0 heterocycles. The number of allylic oxidation sites excluding steroid dienone is 4. The molecule has 3 radical (unpaired) electrons. The van der Waals surface area contributed by atoms with E-state index in [0.717, 1.165) is 28.3 Å². The third-order valence-corrected chi connectivity index (χ3v) is 4.84. The van der Waals surface area contributed by atoms with Crippen LogP contribution in [0.1, 0.15) is 49.4 Å². The topological polar surface area (TPSA) is 20.2 Å². The van der Waals surface area contributed by atoms with E-state index >= 15 is 0 Å². The second-order valence-electron chi connectivity index (χ2n) is 6.67. The van der Waals surface area contributed by atoms with Crippen LogP contribution < -0.4 is 5.19 Å². The minimum atomic E-state index is 0. The fourth-order valence-electron chi connectivity index (χ4n) is 2.25. The Labute approximate surface area is 181 Å². The van der Waals surface area contributed by atoms with Gasteiger partial charge in [-0.25, -0.2) is 11.6 Å². The van der Waals surface area contributed by atoms with E-state index in [9.17, 15) is 5.11 Å². The molecule has 0 saturated heterocycles. The summed E-state index contributed by atoms with van der Waals surface area (Å²) in [4.78, 5) is 3.25. The SMILES string of the molecule is CC(C)(C)C1=[C-]CC=C1.Cc1c(C)c(O)c(C)c([Si])c1C.Cl.Cl.[CH2]=[Ti+]. The van der Waals surface area contributed by atoms with Crippen molar-refractivity contribution in [2.75, 3.05) is 0 Å². The molecule has 25 heavy (non-hydrogen) atoms. The number of phenolic OH excluding ortho intramolecular Hbond substituents is 1. The van der Waals surface area contributed by atoms with E-state index in [-0.39, 0.29) is 24.8 Å². The molecule has 1 aromatic carbocycles. The van der Waals surface area contributed by atoms with Gasteiger partial charge in [-0.1, -0.05) is 26.0 Å². The molecule has 5 heteroatoms. The second-order valence-corrected chi connectivity index (χ2v) is 7.17. The number of aromatic hydroxyl groups is 1. The molecule has 2 rings (SSSR count). The molecular weight excluding hydrogens is 403 g/mol. The molecule has 0 unspecified atom stereocenters. The van der Waals surface area contributed by atoms with E-state index < -0.39 is 0 Å². The van der Waals surface area contributed by atoms with Gasteiger partial charge in [-0.3, -0.25) is 6.08 Å². The van der Waals surface area contributed by atoms with Crippen molar-refractivity contribution in [3.63, 3.8) is 0 Å². The van der Waals surface area contributed by atoms with Gasteiger partial charge in [-0.15, -0.1) is 31.2 Å². The summed E-state index contributed by atoms with van der Waals surface area (Å²) in [5.41, 5.74) is 5.91. The molecule has 0 amide bonds. The van der Waals surface area contributed by atoms with Crippen LogP contribution in [0.4, 0.5) is 0 Å². The summed E-state index contributed by atoms with van der Waals surface area (Å²) >= 11 is 1.75. The van der Waals surface area contributed by atoms with Crippen molar-refractivity contribution in [2.24, 2.45) is 5.41 Å². The fourth-order valence-corrected chi connectivity index (χ4v) is 2.55. The Morgan fingerprint density at radius 2 is 1.48 bits per heavy atom. The number of rotatable bonds is 0. The van der Waals surface area contributed by atoms with Crippen LogP contribution in [0.25, 0.3) is 0 Å². The Morgan fingerprint density at radius 1 is 1.00 bits per heavy atom. The first kappa shape index (κ1) is 29.6. The van der Waals surface area contributed by atoms with E-state index in [1.807, 2.05) is 20.8 Å². The van der Waals surface area contributed by atoms with Gasteiger partial charge >= 0.3 is 24.8 Å². The molecule has 1 N–H and O–H groups in total. The van der Waals surface area contributed by atoms with Crippen LogP contribution in [-0.4, -0.2) is 20.2 Å². The van der Waals surface area contributed by atoms with Gasteiger partial charge in [0.15, 0.2) is 0 Å². The molecule has 138 valence electrons. The fraction of sp³-hybridized carbons (Fsp3) is 0.450. The molecule has 0 saturated carbocycles. The first-order valence-electron chi connectivity index (χ1n) is 7.71. The van der Waals surface area contributed by atoms with Crippen molar-refractivity contribution < 1.29 is 25.1 Å². The molecule has 0 fully saturated rings. The molecular formula is C20H30Cl2OSiTi. The molecule has 1 aliphatic rings. The predicted molar refractivity (Wildman–Crippen MR) is 114 cm³/mol. The summed E-state index contributed by atoms with van der Waals surface area (Å²) in [6.45, 7) is 14.6. The van der Waals surface area contributed by atoms with Crippen molar-refractivity contribution >= 4 is 45.1 Å². The van der Waals surface area contributed by atoms with E-state index in [4.69, 9.17) is 0 Å². The van der Waals surface area contributed by atoms with Crippen LogP contribution in [0.3, 0.4) is 0 Å². The summed E-state index contributed by atoms with van der Waals surface area (Å²) in [6.07, 6.45) is 8.63. The Morgan fingerprint density at radius 3 is 1.80 bits per heavy atom. The van der Waals surface area contributed by atoms with E-state index in [2.05, 4.69) is 61.0 Å². The molecule has 0 bridgehead atoms. The van der Waals surface area contributed by atoms with Gasteiger partial charge in [0.2, 0.25) is 0 Å². The molecule has 0 aliphatic heterocycles. The Bertz CT molecular complexity index is 512. The summed E-state index contributed by atoms with van der Waals surface area (Å²) in [5, 5.41) is 10.7. The molecule has 1 aliphatic carbocycles. The van der Waals surface area contributed by atoms with Gasteiger partial charge in [0, 0.05) is 0 Å². The van der Waals surface area contributed by atoms with E-state index in [1.165, 1.54) is 11.1 Å². The number of hydrogen-bond acceptors (Lipinski definition) is 1. The van der Waals surface area contributed by atoms with Crippen LogP contribution in [0.15, 0.2) is 17.7 Å². The maximum atomic E-state index is 9.66. The van der Waals surface area contributed by atoms with Gasteiger partial charge in [0.25, 0.3) is 0 Å². The zero-order valence-electron chi connectivity index (χ0n) is 16.3. The van der Waals surface area contributed by atoms with E-state index in [1.54, 1.807) is 20.0 Å². The van der Waals surface area contributed by atoms with Crippen molar-refractivity contribution in [3.8, 4) is 5.75 Å². The standard InChI is InChI=1S/C10H13OSi.C9H13.CH2.2ClH.Ti/c1-5-6(2)9(11)8(4)10(12)7(5)3;1-9(2,3)8-6-4-5-7-8;;;;/h11H,1-4H3;4,6H,5H2,1-3H3;1H2;2*1H;/q;-1;;;;+1. The predicted octanol–water partition coefficient (Wildman–Crippen LogP) is 4.95. The summed E-state index contributed by atoms with van der Waals surface area (Å²) in [5.74, 6) is 0.406. The van der Waals surface area contributed by atoms with Gasteiger partial charge in [-0.2, -0.15) is 6.08 Å². The quantitative estimate of drug-likeness (QED) is 0.454. The summed E-state index contributed by atoms with van der Waals surface area (Å²) < 4.78 is 0. The molecule has 0 atom stereocenters. The third-order valence-electron chi connectivity index (χ3n) is 4.09. The van der Waals surface area contributed by atoms with Crippen LogP contribution in [0.5, 0.6) is 5.75 Å². The maximum absolute atomic E-state index is 9.66. The zero-order chi connectivity index (χ0) is 18.4. The molecule has 1 aromatic rings. The van der Waals surface area contributed by atoms with Gasteiger partial charge in [-0.05, 0) is 55.4 Å². The van der Waals surface area contributed by atoms with Crippen LogP contribution in [0, 0.1) is 39.2 Å². The van der Waals surface area contributed by atoms with Crippen molar-refractivity contribution in [1.82, 2.24) is 0 Å². The number of benzene rings is 1. The van der Waals surface area contributed by atoms with Gasteiger partial charge in [0.05, 0.1) is 10.2 Å². The molecule has 1 nitrogen and oxygen atoms in total. The number of halogens is 2. The Balaban J connectivity index is -0.000000336.